The van der Waals surface area contributed by atoms with Crippen molar-refractivity contribution in [2.45, 2.75) is 51.0 Å². The van der Waals surface area contributed by atoms with Gasteiger partial charge in [-0.2, -0.15) is 0 Å². The minimum Gasteiger partial charge on any atom is -0.493 e. The maximum absolute atomic E-state index is 12.8. The van der Waals surface area contributed by atoms with Crippen molar-refractivity contribution in [3.05, 3.63) is 23.8 Å². The molecule has 6 nitrogen and oxygen atoms in total. The van der Waals surface area contributed by atoms with Gasteiger partial charge in [-0.3, -0.25) is 9.59 Å². The van der Waals surface area contributed by atoms with Gasteiger partial charge in [0.25, 0.3) is 5.91 Å². The number of methoxy groups -OCH3 is 2. The summed E-state index contributed by atoms with van der Waals surface area (Å²) in [7, 11) is 3.14. The van der Waals surface area contributed by atoms with Gasteiger partial charge in [0.15, 0.2) is 11.5 Å². The van der Waals surface area contributed by atoms with Gasteiger partial charge in [0.1, 0.15) is 0 Å². The van der Waals surface area contributed by atoms with Crippen molar-refractivity contribution in [3.8, 4) is 11.5 Å². The van der Waals surface area contributed by atoms with Crippen LogP contribution in [0.15, 0.2) is 18.2 Å². The molecule has 1 heterocycles. The van der Waals surface area contributed by atoms with Crippen LogP contribution in [-0.4, -0.2) is 50.1 Å². The van der Waals surface area contributed by atoms with Crippen molar-refractivity contribution in [1.82, 2.24) is 10.2 Å². The molecule has 6 heteroatoms. The molecular formula is C21H30N2O4. The summed E-state index contributed by atoms with van der Waals surface area (Å²) in [6.45, 7) is 1.31. The van der Waals surface area contributed by atoms with Crippen LogP contribution in [0.3, 0.4) is 0 Å². The Balaban J connectivity index is 1.52. The molecule has 0 aromatic heterocycles. The number of hydrogen-bond acceptors (Lipinski definition) is 4. The predicted octanol–water partition coefficient (Wildman–Crippen LogP) is 3.00. The Morgan fingerprint density at radius 2 is 1.63 bits per heavy atom. The molecule has 148 valence electrons. The van der Waals surface area contributed by atoms with E-state index < -0.39 is 0 Å². The maximum atomic E-state index is 12.8. The van der Waals surface area contributed by atoms with E-state index in [0.717, 1.165) is 38.5 Å². The fraction of sp³-hybridized carbons (Fsp3) is 0.619. The average Bonchev–Trinajstić information content (AvgIpc) is 2.73. The zero-order valence-electron chi connectivity index (χ0n) is 16.3. The van der Waals surface area contributed by atoms with Gasteiger partial charge in [-0.25, -0.2) is 0 Å². The number of benzene rings is 1. The highest BCUT2D eigenvalue weighted by atomic mass is 16.5. The van der Waals surface area contributed by atoms with Gasteiger partial charge in [0, 0.05) is 30.6 Å². The summed E-state index contributed by atoms with van der Waals surface area (Å²) in [4.78, 5) is 27.1. The van der Waals surface area contributed by atoms with Crippen LogP contribution < -0.4 is 14.8 Å². The van der Waals surface area contributed by atoms with Crippen LogP contribution in [0.1, 0.15) is 55.3 Å². The Hall–Kier alpha value is -2.24. The number of ether oxygens (including phenoxy) is 2. The fourth-order valence-electron chi connectivity index (χ4n) is 4.06. The van der Waals surface area contributed by atoms with E-state index in [1.807, 2.05) is 4.90 Å². The first-order valence-corrected chi connectivity index (χ1v) is 9.94. The summed E-state index contributed by atoms with van der Waals surface area (Å²) in [6.07, 6.45) is 7.22. The molecule has 2 aliphatic rings. The predicted molar refractivity (Wildman–Crippen MR) is 103 cm³/mol. The lowest BCUT2D eigenvalue weighted by Gasteiger charge is -2.33. The minimum atomic E-state index is -0.00647. The standard InChI is InChI=1S/C21H30N2O4/c1-26-18-9-8-16(14-19(18)27-2)21(25)23-12-10-17(11-13-23)22-20(24)15-6-4-3-5-7-15/h8-9,14-15,17H,3-7,10-13H2,1-2H3,(H,22,24). The van der Waals surface area contributed by atoms with Crippen LogP contribution in [0.5, 0.6) is 11.5 Å². The van der Waals surface area contributed by atoms with E-state index >= 15 is 0 Å². The normalized spacial score (nSPS) is 18.8. The molecule has 1 N–H and O–H groups in total. The third-order valence-electron chi connectivity index (χ3n) is 5.74. The van der Waals surface area contributed by atoms with E-state index in [1.54, 1.807) is 32.4 Å². The zero-order valence-corrected chi connectivity index (χ0v) is 16.3. The SMILES string of the molecule is COc1ccc(C(=O)N2CCC(NC(=O)C3CCCCC3)CC2)cc1OC. The second kappa shape index (κ2) is 9.11. The van der Waals surface area contributed by atoms with Gasteiger partial charge in [0.05, 0.1) is 14.2 Å². The number of nitrogens with one attached hydrogen (secondary N) is 1. The van der Waals surface area contributed by atoms with Gasteiger partial charge in [0.2, 0.25) is 5.91 Å². The Kier molecular flexibility index (Phi) is 6.58. The second-order valence-corrected chi connectivity index (χ2v) is 7.48. The highest BCUT2D eigenvalue weighted by Gasteiger charge is 2.28. The number of carbonyl (C=O) groups is 2. The van der Waals surface area contributed by atoms with Crippen LogP contribution in [0, 0.1) is 5.92 Å². The number of hydrogen-bond donors (Lipinski definition) is 1. The Morgan fingerprint density at radius 3 is 2.26 bits per heavy atom. The summed E-state index contributed by atoms with van der Waals surface area (Å²) in [6, 6.07) is 5.41. The lowest BCUT2D eigenvalue weighted by molar-refractivity contribution is -0.126. The molecule has 0 unspecified atom stereocenters. The number of nitrogens with zero attached hydrogens (tertiary/aromatic N) is 1. The molecule has 2 amide bonds. The van der Waals surface area contributed by atoms with E-state index in [2.05, 4.69) is 5.32 Å². The van der Waals surface area contributed by atoms with Gasteiger partial charge >= 0.3 is 0 Å². The topological polar surface area (TPSA) is 67.9 Å². The van der Waals surface area contributed by atoms with Crippen LogP contribution in [0.2, 0.25) is 0 Å². The van der Waals surface area contributed by atoms with Crippen molar-refractivity contribution in [1.29, 1.82) is 0 Å². The molecule has 1 aromatic rings. The van der Waals surface area contributed by atoms with Crippen LogP contribution >= 0.6 is 0 Å². The quantitative estimate of drug-likeness (QED) is 0.860. The highest BCUT2D eigenvalue weighted by Crippen LogP contribution is 2.29. The molecule has 1 saturated carbocycles. The summed E-state index contributed by atoms with van der Waals surface area (Å²) in [5.41, 5.74) is 0.595. The highest BCUT2D eigenvalue weighted by molar-refractivity contribution is 5.95. The van der Waals surface area contributed by atoms with Crippen molar-refractivity contribution in [2.24, 2.45) is 5.92 Å². The Bertz CT molecular complexity index is 662. The van der Waals surface area contributed by atoms with Crippen LogP contribution in [-0.2, 0) is 4.79 Å². The van der Waals surface area contributed by atoms with Gasteiger partial charge in [-0.05, 0) is 43.9 Å². The van der Waals surface area contributed by atoms with Crippen LogP contribution in [0.4, 0.5) is 0 Å². The minimum absolute atomic E-state index is 0.00647. The van der Waals surface area contributed by atoms with Crippen molar-refractivity contribution >= 4 is 11.8 Å². The molecule has 1 aromatic carbocycles. The molecule has 0 spiro atoms. The van der Waals surface area contributed by atoms with E-state index in [9.17, 15) is 9.59 Å². The maximum Gasteiger partial charge on any atom is 0.253 e. The zero-order chi connectivity index (χ0) is 19.2. The Morgan fingerprint density at radius 1 is 0.963 bits per heavy atom. The van der Waals surface area contributed by atoms with Crippen molar-refractivity contribution in [3.63, 3.8) is 0 Å². The summed E-state index contributed by atoms with van der Waals surface area (Å²) >= 11 is 0. The molecule has 1 saturated heterocycles. The summed E-state index contributed by atoms with van der Waals surface area (Å²) < 4.78 is 10.5. The third kappa shape index (κ3) is 4.73. The largest absolute Gasteiger partial charge is 0.493 e. The molecule has 0 bridgehead atoms. The fourth-order valence-corrected chi connectivity index (χ4v) is 4.06. The molecule has 0 radical (unpaired) electrons. The number of likely N-dealkylation sites (tertiary alicyclic amines) is 1. The monoisotopic (exact) mass is 374 g/mol. The van der Waals surface area contributed by atoms with Gasteiger partial charge in [-0.15, -0.1) is 0 Å². The smallest absolute Gasteiger partial charge is 0.253 e. The van der Waals surface area contributed by atoms with Gasteiger partial charge in [-0.1, -0.05) is 19.3 Å². The lowest BCUT2D eigenvalue weighted by atomic mass is 9.88. The molecule has 1 aliphatic carbocycles. The lowest BCUT2D eigenvalue weighted by Crippen LogP contribution is -2.48. The van der Waals surface area contributed by atoms with Gasteiger partial charge < -0.3 is 19.7 Å². The van der Waals surface area contributed by atoms with Crippen molar-refractivity contribution in [2.75, 3.05) is 27.3 Å². The van der Waals surface area contributed by atoms with Crippen molar-refractivity contribution < 1.29 is 19.1 Å². The van der Waals surface area contributed by atoms with E-state index in [1.165, 1.54) is 6.42 Å². The molecular weight excluding hydrogens is 344 g/mol. The summed E-state index contributed by atoms with van der Waals surface area (Å²) in [5, 5.41) is 3.21. The molecule has 2 fully saturated rings. The first kappa shape index (κ1) is 19.5. The molecule has 1 aliphatic heterocycles. The van der Waals surface area contributed by atoms with E-state index in [4.69, 9.17) is 9.47 Å². The first-order valence-electron chi connectivity index (χ1n) is 9.94. The molecule has 27 heavy (non-hydrogen) atoms. The molecule has 0 atom stereocenters. The second-order valence-electron chi connectivity index (χ2n) is 7.48. The number of amides is 2. The first-order chi connectivity index (χ1) is 13.1. The van der Waals surface area contributed by atoms with E-state index in [0.29, 0.717) is 30.2 Å². The number of piperidine rings is 1. The van der Waals surface area contributed by atoms with E-state index in [-0.39, 0.29) is 23.8 Å². The third-order valence-corrected chi connectivity index (χ3v) is 5.74. The molecule has 3 rings (SSSR count). The Labute approximate surface area is 161 Å². The number of rotatable bonds is 5. The number of carbonyl (C=O) groups excluding carboxylic acids is 2. The summed E-state index contributed by atoms with van der Waals surface area (Å²) in [5.74, 6) is 1.55. The van der Waals surface area contributed by atoms with Crippen LogP contribution in [0.25, 0.3) is 0 Å². The average molecular weight is 374 g/mol.